The Labute approximate surface area is 101 Å². The van der Waals surface area contributed by atoms with Crippen LogP contribution in [0.4, 0.5) is 4.39 Å². The van der Waals surface area contributed by atoms with Gasteiger partial charge in [-0.2, -0.15) is 0 Å². The third kappa shape index (κ3) is 3.63. The Morgan fingerprint density at radius 3 is 2.35 bits per heavy atom. The van der Waals surface area contributed by atoms with Crippen LogP contribution in [-0.2, 0) is 13.6 Å². The minimum absolute atomic E-state index is 0.156. The highest BCUT2D eigenvalue weighted by molar-refractivity contribution is 7.54. The lowest BCUT2D eigenvalue weighted by molar-refractivity contribution is 0.190. The second kappa shape index (κ2) is 6.29. The summed E-state index contributed by atoms with van der Waals surface area (Å²) in [5.41, 5.74) is 1.24. The summed E-state index contributed by atoms with van der Waals surface area (Å²) in [6.45, 7) is 5.48. The van der Waals surface area contributed by atoms with Crippen molar-refractivity contribution >= 4 is 7.60 Å². The summed E-state index contributed by atoms with van der Waals surface area (Å²) in [5, 5.41) is 0. The first-order valence-corrected chi connectivity index (χ1v) is 7.24. The molecule has 0 aliphatic carbocycles. The largest absolute Gasteiger partial charge is 0.369 e. The highest BCUT2D eigenvalue weighted by Crippen LogP contribution is 2.61. The number of halogens is 1. The third-order valence-electron chi connectivity index (χ3n) is 2.21. The number of rotatable bonds is 6. The topological polar surface area (TPSA) is 35.5 Å². The SMILES string of the molecule is CCOP(=O)(OCC)C(F)c1cccc(C)c1. The molecule has 0 fully saturated rings. The second-order valence-corrected chi connectivity index (χ2v) is 5.67. The van der Waals surface area contributed by atoms with E-state index in [4.69, 9.17) is 9.05 Å². The number of aryl methyl sites for hydroxylation is 1. The quantitative estimate of drug-likeness (QED) is 0.718. The van der Waals surface area contributed by atoms with E-state index in [0.29, 0.717) is 5.56 Å². The Morgan fingerprint density at radius 2 is 1.88 bits per heavy atom. The van der Waals surface area contributed by atoms with Gasteiger partial charge in [-0.25, -0.2) is 4.39 Å². The smallest absolute Gasteiger partial charge is 0.307 e. The first-order valence-electron chi connectivity index (χ1n) is 5.63. The molecule has 0 radical (unpaired) electrons. The number of hydrogen-bond donors (Lipinski definition) is 0. The van der Waals surface area contributed by atoms with Gasteiger partial charge in [0.1, 0.15) is 0 Å². The van der Waals surface area contributed by atoms with Gasteiger partial charge in [-0.1, -0.05) is 29.8 Å². The van der Waals surface area contributed by atoms with Crippen LogP contribution in [0.1, 0.15) is 30.9 Å². The molecule has 5 heteroatoms. The molecule has 0 aliphatic heterocycles. The Bertz CT molecular complexity index is 398. The van der Waals surface area contributed by atoms with Crippen LogP contribution in [0.3, 0.4) is 0 Å². The predicted octanol–water partition coefficient (Wildman–Crippen LogP) is 4.23. The van der Waals surface area contributed by atoms with Gasteiger partial charge in [0.05, 0.1) is 13.2 Å². The zero-order chi connectivity index (χ0) is 12.9. The molecule has 1 aromatic rings. The average Bonchev–Trinajstić information content (AvgIpc) is 2.28. The highest BCUT2D eigenvalue weighted by Gasteiger charge is 2.37. The van der Waals surface area contributed by atoms with Crippen LogP contribution in [0.5, 0.6) is 0 Å². The zero-order valence-corrected chi connectivity index (χ0v) is 11.2. The summed E-state index contributed by atoms with van der Waals surface area (Å²) < 4.78 is 36.4. The van der Waals surface area contributed by atoms with Gasteiger partial charge >= 0.3 is 7.60 Å². The maximum Gasteiger partial charge on any atom is 0.369 e. The van der Waals surface area contributed by atoms with E-state index in [1.54, 1.807) is 32.0 Å². The standard InChI is InChI=1S/C12H18FO3P/c1-4-15-17(14,16-5-2)12(13)11-8-6-7-10(3)9-11/h6-9,12H,4-5H2,1-3H3. The van der Waals surface area contributed by atoms with Crippen molar-refractivity contribution in [3.8, 4) is 0 Å². The first-order chi connectivity index (χ1) is 8.03. The fourth-order valence-corrected chi connectivity index (χ4v) is 3.11. The molecule has 96 valence electrons. The van der Waals surface area contributed by atoms with Crippen molar-refractivity contribution in [1.82, 2.24) is 0 Å². The molecule has 1 unspecified atom stereocenters. The normalized spacial score (nSPS) is 13.6. The molecule has 0 saturated carbocycles. The average molecular weight is 260 g/mol. The molecule has 0 heterocycles. The number of alkyl halides is 1. The van der Waals surface area contributed by atoms with Crippen molar-refractivity contribution in [1.29, 1.82) is 0 Å². The van der Waals surface area contributed by atoms with Gasteiger partial charge < -0.3 is 9.05 Å². The summed E-state index contributed by atoms with van der Waals surface area (Å²) >= 11 is 0. The van der Waals surface area contributed by atoms with Crippen molar-refractivity contribution in [3.05, 3.63) is 35.4 Å². The Hall–Kier alpha value is -0.700. The van der Waals surface area contributed by atoms with E-state index < -0.39 is 13.5 Å². The number of hydrogen-bond acceptors (Lipinski definition) is 3. The molecular formula is C12H18FO3P. The minimum atomic E-state index is -3.72. The molecule has 0 bridgehead atoms. The molecule has 0 amide bonds. The molecular weight excluding hydrogens is 242 g/mol. The van der Waals surface area contributed by atoms with Gasteiger partial charge in [0.15, 0.2) is 0 Å². The second-order valence-electron chi connectivity index (χ2n) is 3.63. The van der Waals surface area contributed by atoms with Crippen molar-refractivity contribution in [2.75, 3.05) is 13.2 Å². The lowest BCUT2D eigenvalue weighted by atomic mass is 10.2. The maximum atomic E-state index is 14.2. The number of benzene rings is 1. The monoisotopic (exact) mass is 260 g/mol. The predicted molar refractivity (Wildman–Crippen MR) is 65.9 cm³/mol. The molecule has 17 heavy (non-hydrogen) atoms. The molecule has 3 nitrogen and oxygen atoms in total. The Balaban J connectivity index is 2.99. The van der Waals surface area contributed by atoms with Crippen LogP contribution in [-0.4, -0.2) is 13.2 Å². The highest BCUT2D eigenvalue weighted by atomic mass is 31.2. The van der Waals surface area contributed by atoms with E-state index in [-0.39, 0.29) is 13.2 Å². The van der Waals surface area contributed by atoms with E-state index in [9.17, 15) is 8.96 Å². The third-order valence-corrected chi connectivity index (χ3v) is 4.30. The van der Waals surface area contributed by atoms with Crippen molar-refractivity contribution in [2.24, 2.45) is 0 Å². The fraction of sp³-hybridized carbons (Fsp3) is 0.500. The van der Waals surface area contributed by atoms with E-state index >= 15 is 0 Å². The summed E-state index contributed by atoms with van der Waals surface area (Å²) in [4.78, 5) is 0. The Morgan fingerprint density at radius 1 is 1.29 bits per heavy atom. The summed E-state index contributed by atoms with van der Waals surface area (Å²) in [6, 6.07) is 6.81. The summed E-state index contributed by atoms with van der Waals surface area (Å²) in [5.74, 6) is -1.73. The van der Waals surface area contributed by atoms with Crippen LogP contribution in [0.2, 0.25) is 0 Å². The van der Waals surface area contributed by atoms with Crippen LogP contribution in [0, 0.1) is 6.92 Å². The van der Waals surface area contributed by atoms with Crippen LogP contribution in [0.25, 0.3) is 0 Å². The first kappa shape index (κ1) is 14.4. The lowest BCUT2D eigenvalue weighted by Gasteiger charge is -2.20. The minimum Gasteiger partial charge on any atom is -0.307 e. The molecule has 0 aromatic heterocycles. The van der Waals surface area contributed by atoms with Gasteiger partial charge in [0.2, 0.25) is 5.91 Å². The fourth-order valence-electron chi connectivity index (χ4n) is 1.53. The van der Waals surface area contributed by atoms with Gasteiger partial charge in [0, 0.05) is 0 Å². The summed E-state index contributed by atoms with van der Waals surface area (Å²) in [7, 11) is -3.72. The molecule has 1 aromatic carbocycles. The van der Waals surface area contributed by atoms with Crippen LogP contribution in [0.15, 0.2) is 24.3 Å². The van der Waals surface area contributed by atoms with Crippen molar-refractivity contribution in [2.45, 2.75) is 26.7 Å². The van der Waals surface area contributed by atoms with Gasteiger partial charge in [0.25, 0.3) is 0 Å². The van der Waals surface area contributed by atoms with E-state index in [1.807, 2.05) is 13.0 Å². The zero-order valence-electron chi connectivity index (χ0n) is 10.4. The van der Waals surface area contributed by atoms with E-state index in [2.05, 4.69) is 0 Å². The van der Waals surface area contributed by atoms with E-state index in [1.165, 1.54) is 0 Å². The molecule has 0 N–H and O–H groups in total. The van der Waals surface area contributed by atoms with Crippen molar-refractivity contribution < 1.29 is 18.0 Å². The molecule has 0 saturated heterocycles. The molecule has 1 rings (SSSR count). The maximum absolute atomic E-state index is 14.2. The molecule has 1 atom stereocenters. The van der Waals surface area contributed by atoms with Gasteiger partial charge in [-0.05, 0) is 26.3 Å². The lowest BCUT2D eigenvalue weighted by Crippen LogP contribution is -2.03. The van der Waals surface area contributed by atoms with Crippen LogP contribution < -0.4 is 0 Å². The van der Waals surface area contributed by atoms with Gasteiger partial charge in [-0.15, -0.1) is 0 Å². The molecule has 0 aliphatic rings. The van der Waals surface area contributed by atoms with Gasteiger partial charge in [-0.3, -0.25) is 4.57 Å². The van der Waals surface area contributed by atoms with Crippen molar-refractivity contribution in [3.63, 3.8) is 0 Å². The Kier molecular flexibility index (Phi) is 5.31. The van der Waals surface area contributed by atoms with E-state index in [0.717, 1.165) is 5.56 Å². The van der Waals surface area contributed by atoms with Crippen LogP contribution >= 0.6 is 7.60 Å². The summed E-state index contributed by atoms with van der Waals surface area (Å²) in [6.07, 6.45) is 0. The molecule has 0 spiro atoms.